The highest BCUT2D eigenvalue weighted by molar-refractivity contribution is 5.69. The lowest BCUT2D eigenvalue weighted by Crippen LogP contribution is -2.45. The fourth-order valence-corrected chi connectivity index (χ4v) is 3.93. The molecule has 9 nitrogen and oxygen atoms in total. The number of rotatable bonds is 22. The van der Waals surface area contributed by atoms with E-state index in [1.54, 1.807) is 0 Å². The number of carbonyl (C=O) groups is 1. The average Bonchev–Trinajstić information content (AvgIpc) is 3.22. The Hall–Kier alpha value is -0.810. The van der Waals surface area contributed by atoms with Crippen LogP contribution in [0.3, 0.4) is 0 Å². The normalized spacial score (nSPS) is 21.4. The molecule has 0 aliphatic carbocycles. The SMILES string of the molecule is CCCCCCCCCCCC(=O)OCC(OCCO)C1OCC(OCCO)C1OCCO. The summed E-state index contributed by atoms with van der Waals surface area (Å²) in [5, 5.41) is 27.3. The van der Waals surface area contributed by atoms with Gasteiger partial charge in [0.15, 0.2) is 0 Å². The summed E-state index contributed by atoms with van der Waals surface area (Å²) in [6, 6.07) is 0. The molecule has 1 saturated heterocycles. The molecule has 33 heavy (non-hydrogen) atoms. The Morgan fingerprint density at radius 1 is 0.879 bits per heavy atom. The summed E-state index contributed by atoms with van der Waals surface area (Å²) < 4.78 is 28.2. The van der Waals surface area contributed by atoms with Crippen molar-refractivity contribution in [2.75, 3.05) is 52.9 Å². The van der Waals surface area contributed by atoms with Crippen molar-refractivity contribution in [3.63, 3.8) is 0 Å². The maximum atomic E-state index is 12.2. The van der Waals surface area contributed by atoms with E-state index in [9.17, 15) is 4.79 Å². The molecule has 4 unspecified atom stereocenters. The van der Waals surface area contributed by atoms with Crippen molar-refractivity contribution in [3.05, 3.63) is 0 Å². The first-order valence-corrected chi connectivity index (χ1v) is 12.6. The first-order chi connectivity index (χ1) is 16.2. The van der Waals surface area contributed by atoms with Gasteiger partial charge in [0, 0.05) is 6.42 Å². The minimum absolute atomic E-state index is 0.0212. The quantitative estimate of drug-likeness (QED) is 0.158. The van der Waals surface area contributed by atoms with Gasteiger partial charge in [0.05, 0.1) is 46.2 Å². The van der Waals surface area contributed by atoms with Crippen molar-refractivity contribution in [1.29, 1.82) is 0 Å². The molecule has 0 amide bonds. The number of hydrogen-bond donors (Lipinski definition) is 3. The molecule has 1 rings (SSSR count). The van der Waals surface area contributed by atoms with Crippen LogP contribution in [0.5, 0.6) is 0 Å². The zero-order valence-electron chi connectivity index (χ0n) is 20.3. The topological polar surface area (TPSA) is 124 Å². The lowest BCUT2D eigenvalue weighted by atomic mass is 10.1. The summed E-state index contributed by atoms with van der Waals surface area (Å²) in [5.41, 5.74) is 0. The molecule has 3 N–H and O–H groups in total. The van der Waals surface area contributed by atoms with Gasteiger partial charge in [0.2, 0.25) is 0 Å². The molecule has 9 heteroatoms. The van der Waals surface area contributed by atoms with Gasteiger partial charge in [0.1, 0.15) is 31.0 Å². The number of hydrogen-bond acceptors (Lipinski definition) is 9. The molecule has 0 spiro atoms. The van der Waals surface area contributed by atoms with Crippen LogP contribution in [0.25, 0.3) is 0 Å². The molecule has 0 saturated carbocycles. The summed E-state index contributed by atoms with van der Waals surface area (Å²) in [4.78, 5) is 12.2. The fraction of sp³-hybridized carbons (Fsp3) is 0.958. The predicted molar refractivity (Wildman–Crippen MR) is 123 cm³/mol. The number of unbranched alkanes of at least 4 members (excludes halogenated alkanes) is 8. The van der Waals surface area contributed by atoms with Gasteiger partial charge in [-0.1, -0.05) is 58.3 Å². The molecule has 1 fully saturated rings. The number of esters is 1. The third-order valence-corrected chi connectivity index (χ3v) is 5.65. The molecule has 196 valence electrons. The second-order valence-corrected chi connectivity index (χ2v) is 8.38. The van der Waals surface area contributed by atoms with Crippen molar-refractivity contribution in [2.45, 2.75) is 95.5 Å². The maximum absolute atomic E-state index is 12.2. The van der Waals surface area contributed by atoms with Crippen molar-refractivity contribution < 1.29 is 43.8 Å². The largest absolute Gasteiger partial charge is 0.463 e. The van der Waals surface area contributed by atoms with Crippen molar-refractivity contribution in [1.82, 2.24) is 0 Å². The van der Waals surface area contributed by atoms with Gasteiger partial charge >= 0.3 is 5.97 Å². The molecule has 1 heterocycles. The third kappa shape index (κ3) is 13.6. The Morgan fingerprint density at radius 2 is 1.48 bits per heavy atom. The van der Waals surface area contributed by atoms with Crippen molar-refractivity contribution in [2.24, 2.45) is 0 Å². The van der Waals surface area contributed by atoms with Gasteiger partial charge in [-0.25, -0.2) is 0 Å². The van der Waals surface area contributed by atoms with E-state index in [4.69, 9.17) is 39.0 Å². The van der Waals surface area contributed by atoms with E-state index < -0.39 is 24.4 Å². The molecule has 0 aromatic heterocycles. The van der Waals surface area contributed by atoms with Gasteiger partial charge in [-0.2, -0.15) is 0 Å². The molecule has 0 radical (unpaired) electrons. The third-order valence-electron chi connectivity index (χ3n) is 5.65. The maximum Gasteiger partial charge on any atom is 0.305 e. The van der Waals surface area contributed by atoms with E-state index in [2.05, 4.69) is 6.92 Å². The summed E-state index contributed by atoms with van der Waals surface area (Å²) in [6.07, 6.45) is 8.74. The van der Waals surface area contributed by atoms with Crippen LogP contribution in [0.2, 0.25) is 0 Å². The summed E-state index contributed by atoms with van der Waals surface area (Å²) in [5.74, 6) is -0.283. The van der Waals surface area contributed by atoms with Crippen LogP contribution in [-0.4, -0.2) is 98.6 Å². The van der Waals surface area contributed by atoms with Crippen molar-refractivity contribution in [3.8, 4) is 0 Å². The Bertz CT molecular complexity index is 463. The summed E-state index contributed by atoms with van der Waals surface area (Å²) in [6.45, 7) is 2.25. The first kappa shape index (κ1) is 30.2. The second kappa shape index (κ2) is 20.6. The van der Waals surface area contributed by atoms with Crippen LogP contribution < -0.4 is 0 Å². The first-order valence-electron chi connectivity index (χ1n) is 12.6. The number of aliphatic hydroxyl groups excluding tert-OH is 3. The molecule has 0 aromatic carbocycles. The van der Waals surface area contributed by atoms with E-state index in [0.717, 1.165) is 19.3 Å². The van der Waals surface area contributed by atoms with Gasteiger partial charge in [-0.15, -0.1) is 0 Å². The van der Waals surface area contributed by atoms with E-state index in [-0.39, 0.29) is 58.8 Å². The Balaban J connectivity index is 2.40. The molecular weight excluding hydrogens is 432 g/mol. The van der Waals surface area contributed by atoms with Crippen molar-refractivity contribution >= 4 is 5.97 Å². The molecule has 0 aromatic rings. The van der Waals surface area contributed by atoms with Crippen LogP contribution in [0.1, 0.15) is 71.1 Å². The van der Waals surface area contributed by atoms with Gasteiger partial charge in [-0.05, 0) is 6.42 Å². The van der Waals surface area contributed by atoms with Gasteiger partial charge in [0.25, 0.3) is 0 Å². The fourth-order valence-electron chi connectivity index (χ4n) is 3.93. The minimum atomic E-state index is -0.643. The van der Waals surface area contributed by atoms with E-state index in [1.807, 2.05) is 0 Å². The standard InChI is InChI=1S/C24H46O9/c1-2-3-4-5-6-7-8-9-10-11-22(28)32-18-20(29-15-12-25)24-23(31-17-14-27)21(19-33-24)30-16-13-26/h20-21,23-27H,2-19H2,1H3. The Morgan fingerprint density at radius 3 is 2.12 bits per heavy atom. The lowest BCUT2D eigenvalue weighted by Gasteiger charge is -2.29. The number of aliphatic hydroxyl groups is 3. The van der Waals surface area contributed by atoms with Crippen LogP contribution >= 0.6 is 0 Å². The molecular formula is C24H46O9. The summed E-state index contributed by atoms with van der Waals surface area (Å²) >= 11 is 0. The highest BCUT2D eigenvalue weighted by Crippen LogP contribution is 2.25. The highest BCUT2D eigenvalue weighted by atomic mass is 16.6. The van der Waals surface area contributed by atoms with E-state index >= 15 is 0 Å². The molecule has 0 bridgehead atoms. The molecule has 1 aliphatic rings. The lowest BCUT2D eigenvalue weighted by molar-refractivity contribution is -0.159. The number of carbonyl (C=O) groups excluding carboxylic acids is 1. The van der Waals surface area contributed by atoms with Crippen LogP contribution in [0, 0.1) is 0 Å². The van der Waals surface area contributed by atoms with Gasteiger partial charge in [-0.3, -0.25) is 4.79 Å². The van der Waals surface area contributed by atoms with Crippen LogP contribution in [0.4, 0.5) is 0 Å². The van der Waals surface area contributed by atoms with E-state index in [1.165, 1.54) is 38.5 Å². The molecule has 1 aliphatic heterocycles. The zero-order valence-corrected chi connectivity index (χ0v) is 20.3. The van der Waals surface area contributed by atoms with E-state index in [0.29, 0.717) is 6.42 Å². The zero-order chi connectivity index (χ0) is 24.2. The summed E-state index contributed by atoms with van der Waals surface area (Å²) in [7, 11) is 0. The average molecular weight is 479 g/mol. The molecule has 4 atom stereocenters. The van der Waals surface area contributed by atoms with Gasteiger partial charge < -0.3 is 39.0 Å². The predicted octanol–water partition coefficient (Wildman–Crippen LogP) is 1.98. The Kier molecular flexibility index (Phi) is 18.8. The second-order valence-electron chi connectivity index (χ2n) is 8.38. The van der Waals surface area contributed by atoms with Crippen LogP contribution in [0.15, 0.2) is 0 Å². The van der Waals surface area contributed by atoms with Crippen LogP contribution in [-0.2, 0) is 28.5 Å². The number of ether oxygens (including phenoxy) is 5. The minimum Gasteiger partial charge on any atom is -0.463 e. The highest BCUT2D eigenvalue weighted by Gasteiger charge is 2.44. The Labute approximate surface area is 198 Å². The smallest absolute Gasteiger partial charge is 0.305 e. The monoisotopic (exact) mass is 478 g/mol.